The third kappa shape index (κ3) is 5.30. The third-order valence-electron chi connectivity index (χ3n) is 3.66. The van der Waals surface area contributed by atoms with Gasteiger partial charge in [-0.3, -0.25) is 10.1 Å². The van der Waals surface area contributed by atoms with Crippen molar-refractivity contribution in [2.24, 2.45) is 10.7 Å². The van der Waals surface area contributed by atoms with Crippen LogP contribution in [0.2, 0.25) is 0 Å². The number of nitrogens with zero attached hydrogens (tertiary/aromatic N) is 2. The summed E-state index contributed by atoms with van der Waals surface area (Å²) in [5.74, 6) is 1.66. The van der Waals surface area contributed by atoms with Crippen LogP contribution < -0.4 is 15.8 Å². The zero-order valence-corrected chi connectivity index (χ0v) is 14.4. The molecule has 3 aromatic rings. The van der Waals surface area contributed by atoms with Crippen molar-refractivity contribution >= 4 is 17.3 Å². The molecule has 7 heteroatoms. The van der Waals surface area contributed by atoms with Crippen LogP contribution in [-0.2, 0) is 6.54 Å². The first-order valence-corrected chi connectivity index (χ1v) is 8.23. The zero-order valence-electron chi connectivity index (χ0n) is 14.4. The Morgan fingerprint density at radius 1 is 1.00 bits per heavy atom. The minimum absolute atomic E-state index is 0.0454. The average Bonchev–Trinajstić information content (AvgIpc) is 2.68. The van der Waals surface area contributed by atoms with Gasteiger partial charge in [-0.1, -0.05) is 36.4 Å². The molecule has 0 bridgehead atoms. The third-order valence-corrected chi connectivity index (χ3v) is 3.66. The standard InChI is InChI=1S/C20H18N4O3/c21-20(22-14-15-9-11-17(12-10-15)24(25)26)23-16-5-4-8-19(13-16)27-18-6-2-1-3-7-18/h1-13H,14H2,(H3,21,22,23). The Balaban J connectivity index is 1.61. The number of guanidine groups is 1. The van der Waals surface area contributed by atoms with E-state index < -0.39 is 4.92 Å². The predicted octanol–water partition coefficient (Wildman–Crippen LogP) is 4.31. The Morgan fingerprint density at radius 2 is 1.70 bits per heavy atom. The van der Waals surface area contributed by atoms with Crippen LogP contribution in [0.1, 0.15) is 5.56 Å². The van der Waals surface area contributed by atoms with Crippen molar-refractivity contribution in [2.45, 2.75) is 6.54 Å². The molecule has 0 aliphatic carbocycles. The van der Waals surface area contributed by atoms with Gasteiger partial charge >= 0.3 is 0 Å². The van der Waals surface area contributed by atoms with Crippen molar-refractivity contribution in [3.63, 3.8) is 0 Å². The monoisotopic (exact) mass is 362 g/mol. The Morgan fingerprint density at radius 3 is 2.41 bits per heavy atom. The van der Waals surface area contributed by atoms with E-state index in [1.807, 2.05) is 54.6 Å². The number of hydrogen-bond donors (Lipinski definition) is 2. The van der Waals surface area contributed by atoms with Gasteiger partial charge < -0.3 is 15.8 Å². The second-order valence-electron chi connectivity index (χ2n) is 5.69. The summed E-state index contributed by atoms with van der Waals surface area (Å²) in [5, 5.41) is 13.7. The molecular formula is C20H18N4O3. The Bertz CT molecular complexity index is 941. The van der Waals surface area contributed by atoms with E-state index in [-0.39, 0.29) is 11.6 Å². The largest absolute Gasteiger partial charge is 0.457 e. The van der Waals surface area contributed by atoms with Crippen molar-refractivity contribution in [1.29, 1.82) is 0 Å². The molecule has 3 rings (SSSR count). The zero-order chi connectivity index (χ0) is 19.1. The van der Waals surface area contributed by atoms with E-state index in [1.54, 1.807) is 12.1 Å². The summed E-state index contributed by atoms with van der Waals surface area (Å²) in [4.78, 5) is 14.5. The molecule has 0 aliphatic rings. The number of benzene rings is 3. The van der Waals surface area contributed by atoms with Crippen molar-refractivity contribution in [3.05, 3.63) is 94.5 Å². The van der Waals surface area contributed by atoms with Crippen LogP contribution in [0, 0.1) is 10.1 Å². The minimum atomic E-state index is -0.437. The molecule has 27 heavy (non-hydrogen) atoms. The van der Waals surface area contributed by atoms with Crippen LogP contribution in [-0.4, -0.2) is 10.9 Å². The van der Waals surface area contributed by atoms with E-state index in [0.29, 0.717) is 12.3 Å². The smallest absolute Gasteiger partial charge is 0.269 e. The summed E-state index contributed by atoms with van der Waals surface area (Å²) < 4.78 is 5.78. The lowest BCUT2D eigenvalue weighted by atomic mass is 10.2. The van der Waals surface area contributed by atoms with Crippen molar-refractivity contribution in [2.75, 3.05) is 5.32 Å². The van der Waals surface area contributed by atoms with Crippen LogP contribution in [0.4, 0.5) is 11.4 Å². The van der Waals surface area contributed by atoms with Gasteiger partial charge in [0.05, 0.1) is 11.5 Å². The first kappa shape index (κ1) is 17.9. The van der Waals surface area contributed by atoms with Gasteiger partial charge in [0, 0.05) is 23.9 Å². The highest BCUT2D eigenvalue weighted by molar-refractivity contribution is 5.92. The number of nitro benzene ring substituents is 1. The number of anilines is 1. The lowest BCUT2D eigenvalue weighted by molar-refractivity contribution is -0.384. The number of nitro groups is 1. The second kappa shape index (κ2) is 8.48. The summed E-state index contributed by atoms with van der Waals surface area (Å²) in [5.41, 5.74) is 7.54. The van der Waals surface area contributed by atoms with E-state index >= 15 is 0 Å². The minimum Gasteiger partial charge on any atom is -0.457 e. The van der Waals surface area contributed by atoms with E-state index in [2.05, 4.69) is 10.3 Å². The molecular weight excluding hydrogens is 344 g/mol. The molecule has 136 valence electrons. The van der Waals surface area contributed by atoms with Gasteiger partial charge in [0.1, 0.15) is 11.5 Å². The van der Waals surface area contributed by atoms with Crippen LogP contribution in [0.3, 0.4) is 0 Å². The van der Waals surface area contributed by atoms with Gasteiger partial charge in [-0.25, -0.2) is 4.99 Å². The summed E-state index contributed by atoms with van der Waals surface area (Å²) >= 11 is 0. The molecule has 0 fully saturated rings. The fourth-order valence-corrected chi connectivity index (χ4v) is 2.35. The molecule has 0 heterocycles. The first-order chi connectivity index (χ1) is 13.1. The van der Waals surface area contributed by atoms with Crippen LogP contribution in [0.15, 0.2) is 83.9 Å². The summed E-state index contributed by atoms with van der Waals surface area (Å²) in [6.45, 7) is 0.317. The Hall–Kier alpha value is -3.87. The number of nitrogens with two attached hydrogens (primary N) is 1. The van der Waals surface area contributed by atoms with Crippen LogP contribution >= 0.6 is 0 Å². The lowest BCUT2D eigenvalue weighted by Gasteiger charge is -2.09. The SMILES string of the molecule is NC(=NCc1ccc([N+](=O)[O-])cc1)Nc1cccc(Oc2ccccc2)c1. The highest BCUT2D eigenvalue weighted by Gasteiger charge is 2.04. The molecule has 0 radical (unpaired) electrons. The normalized spacial score (nSPS) is 11.0. The molecule has 0 unspecified atom stereocenters. The maximum Gasteiger partial charge on any atom is 0.269 e. The number of rotatable bonds is 6. The Labute approximate surface area is 156 Å². The molecule has 0 spiro atoms. The number of hydrogen-bond acceptors (Lipinski definition) is 4. The maximum absolute atomic E-state index is 10.7. The van der Waals surface area contributed by atoms with Gasteiger partial charge in [-0.2, -0.15) is 0 Å². The van der Waals surface area contributed by atoms with Gasteiger partial charge in [0.2, 0.25) is 0 Å². The fraction of sp³-hybridized carbons (Fsp3) is 0.0500. The number of non-ortho nitro benzene ring substituents is 1. The second-order valence-corrected chi connectivity index (χ2v) is 5.69. The maximum atomic E-state index is 10.7. The van der Waals surface area contributed by atoms with Gasteiger partial charge in [0.25, 0.3) is 5.69 Å². The Kier molecular flexibility index (Phi) is 5.64. The van der Waals surface area contributed by atoms with Crippen molar-refractivity contribution < 1.29 is 9.66 Å². The van der Waals surface area contributed by atoms with E-state index in [4.69, 9.17) is 10.5 Å². The van der Waals surface area contributed by atoms with Gasteiger partial charge in [-0.05, 0) is 29.8 Å². The van der Waals surface area contributed by atoms with E-state index in [9.17, 15) is 10.1 Å². The average molecular weight is 362 g/mol. The molecule has 7 nitrogen and oxygen atoms in total. The molecule has 0 saturated carbocycles. The van der Waals surface area contributed by atoms with Gasteiger partial charge in [0.15, 0.2) is 5.96 Å². The topological polar surface area (TPSA) is 103 Å². The summed E-state index contributed by atoms with van der Waals surface area (Å²) in [7, 11) is 0. The molecule has 0 saturated heterocycles. The lowest BCUT2D eigenvalue weighted by Crippen LogP contribution is -2.22. The molecule has 0 amide bonds. The molecule has 0 aliphatic heterocycles. The number of nitrogens with one attached hydrogen (secondary N) is 1. The van der Waals surface area contributed by atoms with E-state index in [1.165, 1.54) is 12.1 Å². The van der Waals surface area contributed by atoms with Gasteiger partial charge in [-0.15, -0.1) is 0 Å². The highest BCUT2D eigenvalue weighted by atomic mass is 16.6. The molecule has 0 atom stereocenters. The van der Waals surface area contributed by atoms with E-state index in [0.717, 1.165) is 17.0 Å². The highest BCUT2D eigenvalue weighted by Crippen LogP contribution is 2.23. The number of aliphatic imine (C=N–C) groups is 1. The summed E-state index contributed by atoms with van der Waals surface area (Å²) in [6, 6.07) is 23.1. The quantitative estimate of drug-likeness (QED) is 0.294. The first-order valence-electron chi connectivity index (χ1n) is 8.23. The van der Waals surface area contributed by atoms with Crippen molar-refractivity contribution in [3.8, 4) is 11.5 Å². The fourth-order valence-electron chi connectivity index (χ4n) is 2.35. The molecule has 3 N–H and O–H groups in total. The number of ether oxygens (including phenoxy) is 1. The molecule has 0 aromatic heterocycles. The predicted molar refractivity (Wildman–Crippen MR) is 105 cm³/mol. The molecule has 3 aromatic carbocycles. The van der Waals surface area contributed by atoms with Crippen LogP contribution in [0.25, 0.3) is 0 Å². The summed E-state index contributed by atoms with van der Waals surface area (Å²) in [6.07, 6.45) is 0. The number of para-hydroxylation sites is 1. The van der Waals surface area contributed by atoms with Crippen molar-refractivity contribution in [1.82, 2.24) is 0 Å². The van der Waals surface area contributed by atoms with Crippen LogP contribution in [0.5, 0.6) is 11.5 Å².